The number of thiophene rings is 1. The van der Waals surface area contributed by atoms with Gasteiger partial charge in [-0.1, -0.05) is 12.1 Å². The van der Waals surface area contributed by atoms with Crippen LogP contribution in [0.5, 0.6) is 0 Å². The lowest BCUT2D eigenvalue weighted by atomic mass is 10.0. The average Bonchev–Trinajstić information content (AvgIpc) is 3.27. The van der Waals surface area contributed by atoms with Gasteiger partial charge in [0.2, 0.25) is 5.91 Å². The minimum Gasteiger partial charge on any atom is -0.349 e. The number of para-hydroxylation sites is 2. The Labute approximate surface area is 166 Å². The van der Waals surface area contributed by atoms with Crippen LogP contribution in [0.2, 0.25) is 0 Å². The molecule has 3 heterocycles. The summed E-state index contributed by atoms with van der Waals surface area (Å²) in [6, 6.07) is 9.56. The molecule has 0 bridgehead atoms. The highest BCUT2D eigenvalue weighted by Gasteiger charge is 2.23. The first-order valence-corrected chi connectivity index (χ1v) is 10.2. The molecule has 1 aliphatic rings. The normalized spacial score (nSPS) is 15.2. The molecule has 6 nitrogen and oxygen atoms in total. The summed E-state index contributed by atoms with van der Waals surface area (Å²) in [6.07, 6.45) is 6.42. The highest BCUT2D eigenvalue weighted by Crippen LogP contribution is 2.14. The predicted octanol–water partition coefficient (Wildman–Crippen LogP) is 3.13. The Hall–Kier alpha value is -3.06. The predicted molar refractivity (Wildman–Crippen MR) is 110 cm³/mol. The number of amides is 2. The second kappa shape index (κ2) is 8.31. The summed E-state index contributed by atoms with van der Waals surface area (Å²) < 4.78 is 0. The summed E-state index contributed by atoms with van der Waals surface area (Å²) in [6.45, 7) is 1.25. The zero-order valence-electron chi connectivity index (χ0n) is 15.2. The minimum absolute atomic E-state index is 0.0409. The number of nitrogens with zero attached hydrogens (tertiary/aromatic N) is 3. The van der Waals surface area contributed by atoms with Crippen LogP contribution in [0.3, 0.4) is 0 Å². The summed E-state index contributed by atoms with van der Waals surface area (Å²) in [7, 11) is 0. The number of nitrogens with one attached hydrogen (secondary N) is 1. The number of rotatable bonds is 4. The number of hydrogen-bond acceptors (Lipinski definition) is 5. The monoisotopic (exact) mass is 392 g/mol. The van der Waals surface area contributed by atoms with Crippen molar-refractivity contribution in [3.05, 3.63) is 64.6 Å². The molecule has 0 saturated carbocycles. The number of aromatic nitrogens is 2. The van der Waals surface area contributed by atoms with Gasteiger partial charge in [-0.05, 0) is 42.5 Å². The molecule has 1 N–H and O–H groups in total. The van der Waals surface area contributed by atoms with Gasteiger partial charge < -0.3 is 10.2 Å². The lowest BCUT2D eigenvalue weighted by Crippen LogP contribution is -2.46. The van der Waals surface area contributed by atoms with Crippen LogP contribution in [0.4, 0.5) is 0 Å². The maximum atomic E-state index is 12.5. The van der Waals surface area contributed by atoms with Crippen LogP contribution in [0, 0.1) is 0 Å². The van der Waals surface area contributed by atoms with Crippen LogP contribution in [-0.2, 0) is 4.79 Å². The Morgan fingerprint density at radius 2 is 1.93 bits per heavy atom. The van der Waals surface area contributed by atoms with Crippen molar-refractivity contribution in [3.63, 3.8) is 0 Å². The van der Waals surface area contributed by atoms with Crippen molar-refractivity contribution in [3.8, 4) is 0 Å². The lowest BCUT2D eigenvalue weighted by molar-refractivity contribution is -0.126. The first-order chi connectivity index (χ1) is 13.7. The summed E-state index contributed by atoms with van der Waals surface area (Å²) in [4.78, 5) is 35.2. The van der Waals surface area contributed by atoms with Crippen LogP contribution < -0.4 is 5.32 Å². The van der Waals surface area contributed by atoms with Crippen LogP contribution >= 0.6 is 11.3 Å². The number of fused-ring (bicyclic) bond motifs is 1. The Morgan fingerprint density at radius 3 is 2.68 bits per heavy atom. The molecule has 1 aromatic carbocycles. The van der Waals surface area contributed by atoms with Gasteiger partial charge in [-0.15, -0.1) is 0 Å². The van der Waals surface area contributed by atoms with Crippen LogP contribution in [-0.4, -0.2) is 45.8 Å². The second-order valence-electron chi connectivity index (χ2n) is 6.70. The molecule has 0 atom stereocenters. The highest BCUT2D eigenvalue weighted by atomic mass is 32.1. The van der Waals surface area contributed by atoms with Gasteiger partial charge in [0.15, 0.2) is 0 Å². The molecule has 0 unspecified atom stereocenters. The summed E-state index contributed by atoms with van der Waals surface area (Å²) in [5.41, 5.74) is 2.99. The molecule has 28 heavy (non-hydrogen) atoms. The van der Waals surface area contributed by atoms with Gasteiger partial charge in [-0.25, -0.2) is 4.98 Å². The first-order valence-electron chi connectivity index (χ1n) is 9.21. The summed E-state index contributed by atoms with van der Waals surface area (Å²) in [5.74, 6) is -0.0848. The second-order valence-corrected chi connectivity index (χ2v) is 7.48. The van der Waals surface area contributed by atoms with Crippen molar-refractivity contribution in [1.29, 1.82) is 0 Å². The van der Waals surface area contributed by atoms with E-state index in [1.807, 2.05) is 41.1 Å². The van der Waals surface area contributed by atoms with E-state index < -0.39 is 0 Å². The molecule has 4 rings (SSSR count). The number of likely N-dealkylation sites (tertiary alicyclic amines) is 1. The standard InChI is InChI=1S/C21H20N4O2S/c26-20(6-5-17-13-22-18-3-1-2-4-19(18)23-17)25-10-7-16(8-11-25)24-21(27)15-9-12-28-14-15/h1-6,9,12-14,16H,7-8,10-11H2,(H,24,27)/b6-5+. The van der Waals surface area contributed by atoms with Crippen LogP contribution in [0.25, 0.3) is 17.1 Å². The van der Waals surface area contributed by atoms with Crippen molar-refractivity contribution in [1.82, 2.24) is 20.2 Å². The SMILES string of the molecule is O=C(NC1CCN(C(=O)/C=C/c2cnc3ccccc3n2)CC1)c1ccsc1. The average molecular weight is 392 g/mol. The summed E-state index contributed by atoms with van der Waals surface area (Å²) in [5, 5.41) is 6.78. The highest BCUT2D eigenvalue weighted by molar-refractivity contribution is 7.08. The van der Waals surface area contributed by atoms with E-state index in [-0.39, 0.29) is 17.9 Å². The molecular formula is C21H20N4O2S. The van der Waals surface area contributed by atoms with Gasteiger partial charge in [-0.2, -0.15) is 11.3 Å². The molecule has 0 aliphatic carbocycles. The zero-order chi connectivity index (χ0) is 19.3. The Morgan fingerprint density at radius 1 is 1.14 bits per heavy atom. The molecule has 142 valence electrons. The molecule has 7 heteroatoms. The van der Waals surface area contributed by atoms with Crippen molar-refractivity contribution >= 4 is 40.3 Å². The molecule has 1 fully saturated rings. The largest absolute Gasteiger partial charge is 0.349 e. The number of hydrogen-bond donors (Lipinski definition) is 1. The van der Waals surface area contributed by atoms with Gasteiger partial charge in [0.05, 0.1) is 22.9 Å². The van der Waals surface area contributed by atoms with E-state index in [1.54, 1.807) is 23.2 Å². The zero-order valence-corrected chi connectivity index (χ0v) is 16.1. The molecule has 2 amide bonds. The van der Waals surface area contributed by atoms with E-state index in [2.05, 4.69) is 15.3 Å². The van der Waals surface area contributed by atoms with E-state index in [0.717, 1.165) is 23.9 Å². The van der Waals surface area contributed by atoms with Gasteiger partial charge in [0.1, 0.15) is 0 Å². The molecular weight excluding hydrogens is 372 g/mol. The van der Waals surface area contributed by atoms with Gasteiger partial charge in [0.25, 0.3) is 5.91 Å². The molecule has 3 aromatic rings. The van der Waals surface area contributed by atoms with E-state index >= 15 is 0 Å². The number of carbonyl (C=O) groups is 2. The third-order valence-corrected chi connectivity index (χ3v) is 5.47. The fraction of sp³-hybridized carbons (Fsp3) is 0.238. The van der Waals surface area contributed by atoms with E-state index in [1.165, 1.54) is 11.3 Å². The van der Waals surface area contributed by atoms with Gasteiger partial charge in [0, 0.05) is 36.2 Å². The minimum atomic E-state index is -0.0439. The molecule has 0 radical (unpaired) electrons. The molecule has 1 saturated heterocycles. The van der Waals surface area contributed by atoms with Crippen molar-refractivity contribution in [2.24, 2.45) is 0 Å². The van der Waals surface area contributed by atoms with E-state index in [4.69, 9.17) is 0 Å². The van der Waals surface area contributed by atoms with E-state index in [0.29, 0.717) is 24.3 Å². The Balaban J connectivity index is 1.31. The Bertz CT molecular complexity index is 1010. The smallest absolute Gasteiger partial charge is 0.252 e. The first kappa shape index (κ1) is 18.3. The van der Waals surface area contributed by atoms with E-state index in [9.17, 15) is 9.59 Å². The third kappa shape index (κ3) is 4.26. The topological polar surface area (TPSA) is 75.2 Å². The fourth-order valence-electron chi connectivity index (χ4n) is 3.22. The van der Waals surface area contributed by atoms with Crippen LogP contribution in [0.15, 0.2) is 53.4 Å². The molecule has 2 aromatic heterocycles. The van der Waals surface area contributed by atoms with Gasteiger partial charge >= 0.3 is 0 Å². The van der Waals surface area contributed by atoms with Crippen molar-refractivity contribution in [2.45, 2.75) is 18.9 Å². The molecule has 1 aliphatic heterocycles. The van der Waals surface area contributed by atoms with Crippen LogP contribution in [0.1, 0.15) is 28.9 Å². The number of carbonyl (C=O) groups excluding carboxylic acids is 2. The van der Waals surface area contributed by atoms with Crippen molar-refractivity contribution in [2.75, 3.05) is 13.1 Å². The van der Waals surface area contributed by atoms with Gasteiger partial charge in [-0.3, -0.25) is 14.6 Å². The molecule has 0 spiro atoms. The third-order valence-electron chi connectivity index (χ3n) is 4.79. The number of piperidine rings is 1. The van der Waals surface area contributed by atoms with Crippen molar-refractivity contribution < 1.29 is 9.59 Å². The Kier molecular flexibility index (Phi) is 5.43. The maximum Gasteiger partial charge on any atom is 0.252 e. The quantitative estimate of drug-likeness (QED) is 0.692. The lowest BCUT2D eigenvalue weighted by Gasteiger charge is -2.31. The summed E-state index contributed by atoms with van der Waals surface area (Å²) >= 11 is 1.51. The number of benzene rings is 1. The maximum absolute atomic E-state index is 12.5. The fourth-order valence-corrected chi connectivity index (χ4v) is 3.86.